The van der Waals surface area contributed by atoms with Crippen LogP contribution in [0.15, 0.2) is 10.5 Å². The van der Waals surface area contributed by atoms with E-state index in [0.717, 1.165) is 11.3 Å². The van der Waals surface area contributed by atoms with Crippen LogP contribution >= 0.6 is 11.3 Å². The smallest absolute Gasteiger partial charge is 0.360 e. The molecular formula is C9H13N3O3S. The summed E-state index contributed by atoms with van der Waals surface area (Å²) >= 11 is 1.16. The Balaban J connectivity index is 2.79. The topological polar surface area (TPSA) is 97.8 Å². The van der Waals surface area contributed by atoms with E-state index in [1.165, 1.54) is 5.38 Å². The summed E-state index contributed by atoms with van der Waals surface area (Å²) in [7, 11) is 0. The van der Waals surface area contributed by atoms with Crippen LogP contribution in [0.2, 0.25) is 0 Å². The lowest BCUT2D eigenvalue weighted by Crippen LogP contribution is -2.16. The molecule has 0 spiro atoms. The molecule has 0 atom stereocenters. The fourth-order valence-electron chi connectivity index (χ4n) is 0.843. The van der Waals surface area contributed by atoms with Crippen molar-refractivity contribution in [2.24, 2.45) is 11.1 Å². The third-order valence-corrected chi connectivity index (χ3v) is 2.20. The second-order valence-corrected chi connectivity index (χ2v) is 4.40. The number of anilines is 1. The lowest BCUT2D eigenvalue weighted by molar-refractivity contribution is -0.129. The number of oxime groups is 1. The number of hydrogen-bond donors (Lipinski definition) is 2. The summed E-state index contributed by atoms with van der Waals surface area (Å²) in [6.45, 7) is 4.24. The van der Waals surface area contributed by atoms with Gasteiger partial charge in [0.15, 0.2) is 5.13 Å². The van der Waals surface area contributed by atoms with Crippen LogP contribution in [0.4, 0.5) is 5.13 Å². The summed E-state index contributed by atoms with van der Waals surface area (Å²) < 4.78 is 0. The maximum absolute atomic E-state index is 10.9. The highest BCUT2D eigenvalue weighted by molar-refractivity contribution is 7.13. The largest absolute Gasteiger partial charge is 0.476 e. The van der Waals surface area contributed by atoms with Gasteiger partial charge in [-0.3, -0.25) is 0 Å². The minimum Gasteiger partial charge on any atom is -0.476 e. The Morgan fingerprint density at radius 1 is 1.75 bits per heavy atom. The van der Waals surface area contributed by atoms with E-state index < -0.39 is 5.97 Å². The number of nitrogen functional groups attached to an aromatic ring is 1. The molecule has 0 aliphatic heterocycles. The molecular weight excluding hydrogens is 230 g/mol. The summed E-state index contributed by atoms with van der Waals surface area (Å²) in [5.41, 5.74) is 5.41. The van der Waals surface area contributed by atoms with Crippen LogP contribution in [-0.2, 0) is 9.63 Å². The maximum atomic E-state index is 10.9. The Labute approximate surface area is 96.7 Å². The lowest BCUT2D eigenvalue weighted by Gasteiger charge is -2.02. The highest BCUT2D eigenvalue weighted by atomic mass is 32.1. The molecule has 3 N–H and O–H groups in total. The number of rotatable bonds is 5. The molecule has 0 aromatic carbocycles. The number of nitrogens with zero attached hydrogens (tertiary/aromatic N) is 2. The molecule has 0 amide bonds. The zero-order valence-corrected chi connectivity index (χ0v) is 9.82. The van der Waals surface area contributed by atoms with Crippen molar-refractivity contribution < 1.29 is 14.7 Å². The van der Waals surface area contributed by atoms with Gasteiger partial charge in [-0.05, 0) is 5.92 Å². The Morgan fingerprint density at radius 3 is 2.88 bits per heavy atom. The van der Waals surface area contributed by atoms with E-state index in [1.54, 1.807) is 0 Å². The Kier molecular flexibility index (Phi) is 4.24. The third kappa shape index (κ3) is 3.50. The number of carboxylic acid groups (broad SMARTS) is 1. The highest BCUT2D eigenvalue weighted by Gasteiger charge is 2.16. The van der Waals surface area contributed by atoms with Crippen molar-refractivity contribution in [3.05, 3.63) is 11.1 Å². The number of aliphatic carboxylic acids is 1. The molecule has 7 heteroatoms. The molecule has 88 valence electrons. The van der Waals surface area contributed by atoms with Gasteiger partial charge < -0.3 is 15.7 Å². The fourth-order valence-corrected chi connectivity index (χ4v) is 1.39. The zero-order valence-electron chi connectivity index (χ0n) is 9.01. The fraction of sp³-hybridized carbons (Fsp3) is 0.444. The predicted octanol–water partition coefficient (Wildman–Crippen LogP) is 1.19. The number of hydrogen-bond acceptors (Lipinski definition) is 6. The van der Waals surface area contributed by atoms with Gasteiger partial charge in [0.1, 0.15) is 12.3 Å². The first-order valence-electron chi connectivity index (χ1n) is 4.65. The first kappa shape index (κ1) is 12.4. The summed E-state index contributed by atoms with van der Waals surface area (Å²) in [6, 6.07) is 0. The first-order valence-corrected chi connectivity index (χ1v) is 5.53. The molecule has 0 bridgehead atoms. The van der Waals surface area contributed by atoms with E-state index in [0.29, 0.717) is 11.7 Å². The van der Waals surface area contributed by atoms with E-state index in [1.807, 2.05) is 13.8 Å². The first-order chi connectivity index (χ1) is 7.50. The van der Waals surface area contributed by atoms with Crippen LogP contribution in [0.1, 0.15) is 19.5 Å². The summed E-state index contributed by atoms with van der Waals surface area (Å²) in [4.78, 5) is 19.6. The molecule has 0 fully saturated rings. The van der Waals surface area contributed by atoms with Crippen LogP contribution < -0.4 is 5.73 Å². The summed E-state index contributed by atoms with van der Waals surface area (Å²) in [6.07, 6.45) is 0. The van der Waals surface area contributed by atoms with Gasteiger partial charge in [-0.2, -0.15) is 0 Å². The third-order valence-electron chi connectivity index (χ3n) is 1.53. The van der Waals surface area contributed by atoms with E-state index >= 15 is 0 Å². The average molecular weight is 243 g/mol. The second kappa shape index (κ2) is 5.45. The molecule has 1 heterocycles. The van der Waals surface area contributed by atoms with Gasteiger partial charge in [0, 0.05) is 5.38 Å². The van der Waals surface area contributed by atoms with Crippen LogP contribution in [0.25, 0.3) is 0 Å². The normalized spacial score (nSPS) is 11.8. The van der Waals surface area contributed by atoms with Crippen LogP contribution in [0.5, 0.6) is 0 Å². The van der Waals surface area contributed by atoms with Crippen molar-refractivity contribution in [3.8, 4) is 0 Å². The van der Waals surface area contributed by atoms with E-state index in [9.17, 15) is 4.79 Å². The molecule has 0 aliphatic rings. The molecule has 1 aromatic heterocycles. The molecule has 6 nitrogen and oxygen atoms in total. The zero-order chi connectivity index (χ0) is 12.1. The monoisotopic (exact) mass is 243 g/mol. The molecule has 0 radical (unpaired) electrons. The van der Waals surface area contributed by atoms with Gasteiger partial charge in [0.2, 0.25) is 5.71 Å². The maximum Gasteiger partial charge on any atom is 0.360 e. The molecule has 0 unspecified atom stereocenters. The summed E-state index contributed by atoms with van der Waals surface area (Å²) in [5.74, 6) is -0.909. The van der Waals surface area contributed by atoms with Crippen molar-refractivity contribution in [2.75, 3.05) is 12.3 Å². The quantitative estimate of drug-likeness (QED) is 0.598. The average Bonchev–Trinajstić information content (AvgIpc) is 2.58. The Hall–Kier alpha value is -1.63. The van der Waals surface area contributed by atoms with E-state index in [4.69, 9.17) is 15.7 Å². The summed E-state index contributed by atoms with van der Waals surface area (Å²) in [5, 5.41) is 14.3. The lowest BCUT2D eigenvalue weighted by atomic mass is 10.2. The van der Waals surface area contributed by atoms with Crippen LogP contribution in [0, 0.1) is 5.92 Å². The van der Waals surface area contributed by atoms with Crippen molar-refractivity contribution in [1.29, 1.82) is 0 Å². The van der Waals surface area contributed by atoms with E-state index in [-0.39, 0.29) is 17.3 Å². The van der Waals surface area contributed by atoms with Crippen LogP contribution in [0.3, 0.4) is 0 Å². The molecule has 0 saturated carbocycles. The van der Waals surface area contributed by atoms with Crippen LogP contribution in [-0.4, -0.2) is 28.4 Å². The number of thiazole rings is 1. The molecule has 0 aliphatic carbocycles. The Morgan fingerprint density at radius 2 is 2.44 bits per heavy atom. The number of carbonyl (C=O) groups is 1. The number of nitrogens with two attached hydrogens (primary N) is 1. The van der Waals surface area contributed by atoms with E-state index in [2.05, 4.69) is 10.1 Å². The molecule has 0 saturated heterocycles. The number of carboxylic acids is 1. The standard InChI is InChI=1S/C9H13N3O3S/c1-5(2)3-15-12-7(8(13)14)6-4-16-9(10)11-6/h4-5H,3H2,1-2H3,(H2,10,11)(H,13,14). The predicted molar refractivity (Wildman–Crippen MR) is 61.5 cm³/mol. The van der Waals surface area contributed by atoms with Crippen molar-refractivity contribution >= 4 is 28.1 Å². The van der Waals surface area contributed by atoms with Gasteiger partial charge in [0.25, 0.3) is 0 Å². The van der Waals surface area contributed by atoms with Gasteiger partial charge in [0.05, 0.1) is 0 Å². The minimum atomic E-state index is -1.19. The van der Waals surface area contributed by atoms with Crippen molar-refractivity contribution in [3.63, 3.8) is 0 Å². The Bertz CT molecular complexity index is 400. The molecule has 1 rings (SSSR count). The van der Waals surface area contributed by atoms with Gasteiger partial charge >= 0.3 is 5.97 Å². The van der Waals surface area contributed by atoms with Crippen molar-refractivity contribution in [2.45, 2.75) is 13.8 Å². The SMILES string of the molecule is CC(C)CON=C(C(=O)O)c1csc(N)n1. The van der Waals surface area contributed by atoms with Gasteiger partial charge in [-0.1, -0.05) is 19.0 Å². The van der Waals surface area contributed by atoms with Gasteiger partial charge in [-0.15, -0.1) is 11.3 Å². The van der Waals surface area contributed by atoms with Crippen molar-refractivity contribution in [1.82, 2.24) is 4.98 Å². The van der Waals surface area contributed by atoms with Gasteiger partial charge in [-0.25, -0.2) is 9.78 Å². The second-order valence-electron chi connectivity index (χ2n) is 3.51. The number of aromatic nitrogens is 1. The minimum absolute atomic E-state index is 0.221. The highest BCUT2D eigenvalue weighted by Crippen LogP contribution is 2.12. The molecule has 1 aromatic rings. The molecule has 16 heavy (non-hydrogen) atoms.